The van der Waals surface area contributed by atoms with Crippen LogP contribution in [0.2, 0.25) is 0 Å². The molecule has 0 bridgehead atoms. The van der Waals surface area contributed by atoms with E-state index in [2.05, 4.69) is 37.9 Å². The van der Waals surface area contributed by atoms with Gasteiger partial charge in [0.05, 0.1) is 0 Å². The lowest BCUT2D eigenvalue weighted by atomic mass is 10.6. The fourth-order valence-corrected chi connectivity index (χ4v) is 2.03. The van der Waals surface area contributed by atoms with Gasteiger partial charge >= 0.3 is 0 Å². The molecule has 0 aromatic carbocycles. The van der Waals surface area contributed by atoms with Crippen LogP contribution in [-0.4, -0.2) is 28.3 Å². The quantitative estimate of drug-likeness (QED) is 0.450. The van der Waals surface area contributed by atoms with Gasteiger partial charge in [0, 0.05) is 22.5 Å². The molecule has 0 amide bonds. The van der Waals surface area contributed by atoms with Crippen molar-refractivity contribution in [2.24, 2.45) is 0 Å². The zero-order chi connectivity index (χ0) is 7.11. The molecule has 0 aromatic heterocycles. The lowest BCUT2D eigenvalue weighted by Gasteiger charge is -2.04. The molecule has 0 saturated carbocycles. The van der Waals surface area contributed by atoms with E-state index >= 15 is 0 Å². The van der Waals surface area contributed by atoms with Crippen LogP contribution in [0, 0.1) is 0 Å². The molecule has 0 aliphatic rings. The van der Waals surface area contributed by atoms with Crippen molar-refractivity contribution in [3.8, 4) is 0 Å². The Labute approximate surface area is 77.8 Å². The van der Waals surface area contributed by atoms with Crippen molar-refractivity contribution in [3.63, 3.8) is 0 Å². The first-order valence-corrected chi connectivity index (χ1v) is 5.72. The number of rotatable bonds is 5. The van der Waals surface area contributed by atoms with E-state index < -0.39 is 0 Å². The number of hydrogen-bond donors (Lipinski definition) is 3. The molecule has 4 heteroatoms. The summed E-state index contributed by atoms with van der Waals surface area (Å²) in [5, 5.41) is 0.443. The number of thiol groups is 3. The molecule has 0 aliphatic heterocycles. The maximum Gasteiger partial charge on any atom is 0.0196 e. The van der Waals surface area contributed by atoms with E-state index in [-0.39, 0.29) is 0 Å². The molecule has 9 heavy (non-hydrogen) atoms. The van der Waals surface area contributed by atoms with Crippen LogP contribution in [-0.2, 0) is 0 Å². The molecule has 0 rings (SSSR count). The van der Waals surface area contributed by atoms with Gasteiger partial charge in [-0.25, -0.2) is 0 Å². The van der Waals surface area contributed by atoms with Gasteiger partial charge in [-0.1, -0.05) is 0 Å². The highest BCUT2D eigenvalue weighted by molar-refractivity contribution is 8.00. The van der Waals surface area contributed by atoms with Gasteiger partial charge in [-0.05, 0) is 5.75 Å². The number of hydrogen-bond acceptors (Lipinski definition) is 4. The minimum Gasteiger partial charge on any atom is -0.179 e. The molecule has 1 atom stereocenters. The third kappa shape index (κ3) is 7.30. The molecule has 0 nitrogen and oxygen atoms in total. The largest absolute Gasteiger partial charge is 0.179 e. The summed E-state index contributed by atoms with van der Waals surface area (Å²) < 4.78 is 0. The van der Waals surface area contributed by atoms with Crippen molar-refractivity contribution >= 4 is 49.6 Å². The maximum atomic E-state index is 4.28. The van der Waals surface area contributed by atoms with E-state index in [1.165, 1.54) is 0 Å². The maximum absolute atomic E-state index is 4.28. The van der Waals surface area contributed by atoms with Crippen molar-refractivity contribution in [3.05, 3.63) is 0 Å². The van der Waals surface area contributed by atoms with Crippen LogP contribution in [0.5, 0.6) is 0 Å². The molecular weight excluding hydrogens is 188 g/mol. The second-order valence-corrected chi connectivity index (χ2v) is 4.33. The van der Waals surface area contributed by atoms with E-state index in [0.717, 1.165) is 23.0 Å². The molecular formula is C5H12S4. The SMILES string of the molecule is SCCSCC(S)CS. The lowest BCUT2D eigenvalue weighted by Crippen LogP contribution is -2.04. The third-order valence-corrected chi connectivity index (χ3v) is 3.75. The van der Waals surface area contributed by atoms with Gasteiger partial charge in [0.2, 0.25) is 0 Å². The molecule has 1 unspecified atom stereocenters. The van der Waals surface area contributed by atoms with Gasteiger partial charge in [-0.3, -0.25) is 0 Å². The van der Waals surface area contributed by atoms with Crippen molar-refractivity contribution in [1.29, 1.82) is 0 Å². The Kier molecular flexibility index (Phi) is 8.67. The van der Waals surface area contributed by atoms with Gasteiger partial charge in [-0.2, -0.15) is 49.6 Å². The third-order valence-electron chi connectivity index (χ3n) is 0.757. The molecule has 0 fully saturated rings. The minimum absolute atomic E-state index is 0.443. The molecule has 0 aliphatic carbocycles. The Morgan fingerprint density at radius 1 is 1.33 bits per heavy atom. The predicted molar refractivity (Wildman–Crippen MR) is 57.8 cm³/mol. The fraction of sp³-hybridized carbons (Fsp3) is 1.00. The summed E-state index contributed by atoms with van der Waals surface area (Å²) in [6.07, 6.45) is 0. The molecule has 0 N–H and O–H groups in total. The van der Waals surface area contributed by atoms with Crippen LogP contribution in [0.25, 0.3) is 0 Å². The van der Waals surface area contributed by atoms with Crippen LogP contribution in [0.3, 0.4) is 0 Å². The topological polar surface area (TPSA) is 0 Å². The van der Waals surface area contributed by atoms with Crippen molar-refractivity contribution in [2.45, 2.75) is 5.25 Å². The van der Waals surface area contributed by atoms with Crippen molar-refractivity contribution in [1.82, 2.24) is 0 Å². The van der Waals surface area contributed by atoms with Crippen LogP contribution in [0.1, 0.15) is 0 Å². The van der Waals surface area contributed by atoms with Gasteiger partial charge in [-0.15, -0.1) is 0 Å². The average molecular weight is 200 g/mol. The summed E-state index contributed by atoms with van der Waals surface area (Å²) in [5.74, 6) is 4.03. The Morgan fingerprint density at radius 3 is 2.44 bits per heavy atom. The lowest BCUT2D eigenvalue weighted by molar-refractivity contribution is 1.16. The Balaban J connectivity index is 2.88. The Bertz CT molecular complexity index is 56.9. The fourth-order valence-electron chi connectivity index (χ4n) is 0.337. The molecule has 0 heterocycles. The highest BCUT2D eigenvalue weighted by Crippen LogP contribution is 2.08. The summed E-state index contributed by atoms with van der Waals surface area (Å²) >= 11 is 14.4. The van der Waals surface area contributed by atoms with Crippen LogP contribution in [0.4, 0.5) is 0 Å². The van der Waals surface area contributed by atoms with E-state index in [9.17, 15) is 0 Å². The Morgan fingerprint density at radius 2 is 2.00 bits per heavy atom. The summed E-state index contributed by atoms with van der Waals surface area (Å²) in [4.78, 5) is 0. The highest BCUT2D eigenvalue weighted by atomic mass is 32.2. The zero-order valence-electron chi connectivity index (χ0n) is 5.16. The predicted octanol–water partition coefficient (Wildman–Crippen LogP) is 1.88. The van der Waals surface area contributed by atoms with E-state index in [1.807, 2.05) is 11.8 Å². The van der Waals surface area contributed by atoms with E-state index in [0.29, 0.717) is 5.25 Å². The van der Waals surface area contributed by atoms with Crippen molar-refractivity contribution in [2.75, 3.05) is 23.0 Å². The normalized spacial score (nSPS) is 13.7. The van der Waals surface area contributed by atoms with Gasteiger partial charge in [0.25, 0.3) is 0 Å². The van der Waals surface area contributed by atoms with Gasteiger partial charge in [0.1, 0.15) is 0 Å². The second-order valence-electron chi connectivity index (χ2n) is 1.63. The van der Waals surface area contributed by atoms with E-state index in [1.54, 1.807) is 0 Å². The minimum atomic E-state index is 0.443. The first-order chi connectivity index (χ1) is 4.31. The van der Waals surface area contributed by atoms with Gasteiger partial charge < -0.3 is 0 Å². The summed E-state index contributed by atoms with van der Waals surface area (Å²) in [5.41, 5.74) is 0. The summed E-state index contributed by atoms with van der Waals surface area (Å²) in [6, 6.07) is 0. The summed E-state index contributed by atoms with van der Waals surface area (Å²) in [6.45, 7) is 0. The van der Waals surface area contributed by atoms with Crippen LogP contribution < -0.4 is 0 Å². The smallest absolute Gasteiger partial charge is 0.0196 e. The van der Waals surface area contributed by atoms with E-state index in [4.69, 9.17) is 0 Å². The zero-order valence-corrected chi connectivity index (χ0v) is 8.66. The molecule has 0 aromatic rings. The monoisotopic (exact) mass is 200 g/mol. The van der Waals surface area contributed by atoms with Crippen LogP contribution in [0.15, 0.2) is 0 Å². The molecule has 0 saturated heterocycles. The molecule has 56 valence electrons. The average Bonchev–Trinajstić information content (AvgIpc) is 1.89. The second kappa shape index (κ2) is 7.51. The van der Waals surface area contributed by atoms with Crippen LogP contribution >= 0.6 is 49.6 Å². The van der Waals surface area contributed by atoms with Crippen molar-refractivity contribution < 1.29 is 0 Å². The molecule has 0 spiro atoms. The Hall–Kier alpha value is 1.40. The standard InChI is InChI=1S/C5H12S4/c6-1-2-9-4-5(8)3-7/h5-8H,1-4H2. The molecule has 0 radical (unpaired) electrons. The number of thioether (sulfide) groups is 1. The first kappa shape index (κ1) is 10.4. The highest BCUT2D eigenvalue weighted by Gasteiger charge is 1.97. The van der Waals surface area contributed by atoms with Gasteiger partial charge in [0.15, 0.2) is 0 Å². The summed E-state index contributed by atoms with van der Waals surface area (Å²) in [7, 11) is 0. The first-order valence-electron chi connectivity index (χ1n) is 2.78.